The SMILES string of the molecule is c1cc2c(cc1OCC[NH2+]CC[NH+]1CCOCC1)CCC2. The number of rotatable bonds is 7. The Morgan fingerprint density at radius 1 is 1.10 bits per heavy atom. The summed E-state index contributed by atoms with van der Waals surface area (Å²) in [4.78, 5) is 1.68. The molecule has 0 aromatic heterocycles. The van der Waals surface area contributed by atoms with E-state index in [2.05, 4.69) is 23.5 Å². The van der Waals surface area contributed by atoms with E-state index in [0.29, 0.717) is 0 Å². The van der Waals surface area contributed by atoms with Gasteiger partial charge in [-0.1, -0.05) is 6.07 Å². The number of ether oxygens (including phenoxy) is 2. The molecule has 1 fully saturated rings. The Kier molecular flexibility index (Phi) is 5.49. The highest BCUT2D eigenvalue weighted by Crippen LogP contribution is 2.25. The molecule has 1 aliphatic heterocycles. The van der Waals surface area contributed by atoms with Gasteiger partial charge in [0.05, 0.1) is 13.2 Å². The first-order chi connectivity index (χ1) is 10.4. The standard InChI is InChI=1S/C17H26N2O2/c1-2-15-4-5-17(14-16(15)3-1)21-11-7-18-6-8-19-9-12-20-13-10-19/h4-5,14,18H,1-3,6-13H2/p+2. The molecule has 3 rings (SSSR count). The predicted molar refractivity (Wildman–Crippen MR) is 82.0 cm³/mol. The second-order valence-corrected chi connectivity index (χ2v) is 6.11. The zero-order chi connectivity index (χ0) is 14.3. The number of hydrogen-bond donors (Lipinski definition) is 2. The van der Waals surface area contributed by atoms with E-state index in [-0.39, 0.29) is 0 Å². The van der Waals surface area contributed by atoms with Gasteiger partial charge in [-0.25, -0.2) is 0 Å². The fourth-order valence-electron chi connectivity index (χ4n) is 3.26. The average molecular weight is 292 g/mol. The molecule has 2 aliphatic rings. The Morgan fingerprint density at radius 2 is 1.95 bits per heavy atom. The quantitative estimate of drug-likeness (QED) is 0.635. The van der Waals surface area contributed by atoms with Gasteiger partial charge in [-0.05, 0) is 42.5 Å². The van der Waals surface area contributed by atoms with Crippen LogP contribution in [0.1, 0.15) is 17.5 Å². The summed E-state index contributed by atoms with van der Waals surface area (Å²) in [7, 11) is 0. The smallest absolute Gasteiger partial charge is 0.137 e. The van der Waals surface area contributed by atoms with E-state index in [9.17, 15) is 0 Å². The lowest BCUT2D eigenvalue weighted by Crippen LogP contribution is -3.16. The number of nitrogens with two attached hydrogens (primary N) is 1. The van der Waals surface area contributed by atoms with Crippen LogP contribution in [-0.2, 0) is 17.6 Å². The van der Waals surface area contributed by atoms with E-state index < -0.39 is 0 Å². The van der Waals surface area contributed by atoms with Crippen molar-refractivity contribution in [3.05, 3.63) is 29.3 Å². The molecule has 1 aromatic rings. The predicted octanol–water partition coefficient (Wildman–Crippen LogP) is -0.967. The molecular weight excluding hydrogens is 264 g/mol. The number of benzene rings is 1. The molecule has 0 bridgehead atoms. The summed E-state index contributed by atoms with van der Waals surface area (Å²) in [6, 6.07) is 6.60. The van der Waals surface area contributed by atoms with E-state index in [0.717, 1.165) is 32.1 Å². The van der Waals surface area contributed by atoms with Crippen molar-refractivity contribution in [3.63, 3.8) is 0 Å². The molecule has 1 aliphatic carbocycles. The van der Waals surface area contributed by atoms with Gasteiger partial charge in [0.15, 0.2) is 0 Å². The third-order valence-corrected chi connectivity index (χ3v) is 4.56. The van der Waals surface area contributed by atoms with E-state index in [1.807, 2.05) is 0 Å². The van der Waals surface area contributed by atoms with Crippen LogP contribution in [0.2, 0.25) is 0 Å². The lowest BCUT2D eigenvalue weighted by atomic mass is 10.1. The number of quaternary nitrogens is 2. The molecule has 3 N–H and O–H groups in total. The van der Waals surface area contributed by atoms with Crippen molar-refractivity contribution in [2.75, 3.05) is 52.5 Å². The van der Waals surface area contributed by atoms with E-state index in [4.69, 9.17) is 9.47 Å². The van der Waals surface area contributed by atoms with E-state index in [1.54, 1.807) is 4.90 Å². The molecule has 0 radical (unpaired) electrons. The van der Waals surface area contributed by atoms with Gasteiger partial charge in [0, 0.05) is 0 Å². The maximum absolute atomic E-state index is 5.87. The number of morpholine rings is 1. The van der Waals surface area contributed by atoms with Gasteiger partial charge >= 0.3 is 0 Å². The van der Waals surface area contributed by atoms with E-state index in [1.165, 1.54) is 56.6 Å². The molecule has 1 heterocycles. The van der Waals surface area contributed by atoms with Crippen molar-refractivity contribution in [1.29, 1.82) is 0 Å². The lowest BCUT2D eigenvalue weighted by Gasteiger charge is -2.22. The Labute approximate surface area is 127 Å². The average Bonchev–Trinajstić information content (AvgIpc) is 2.99. The van der Waals surface area contributed by atoms with Gasteiger partial charge < -0.3 is 19.7 Å². The van der Waals surface area contributed by atoms with Gasteiger partial charge in [0.1, 0.15) is 45.1 Å². The summed E-state index contributed by atoms with van der Waals surface area (Å²) in [6.45, 7) is 8.45. The van der Waals surface area contributed by atoms with Crippen LogP contribution in [0, 0.1) is 0 Å². The van der Waals surface area contributed by atoms with Gasteiger partial charge in [-0.2, -0.15) is 0 Å². The summed E-state index contributed by atoms with van der Waals surface area (Å²) < 4.78 is 11.2. The number of nitrogens with one attached hydrogen (secondary N) is 1. The van der Waals surface area contributed by atoms with E-state index >= 15 is 0 Å². The number of fused-ring (bicyclic) bond motifs is 1. The van der Waals surface area contributed by atoms with Gasteiger partial charge in [0.2, 0.25) is 0 Å². The van der Waals surface area contributed by atoms with Crippen LogP contribution in [0.15, 0.2) is 18.2 Å². The van der Waals surface area contributed by atoms with Crippen LogP contribution < -0.4 is 15.0 Å². The van der Waals surface area contributed by atoms with Crippen molar-refractivity contribution in [2.24, 2.45) is 0 Å². The molecule has 0 spiro atoms. The zero-order valence-corrected chi connectivity index (χ0v) is 12.9. The molecule has 4 heteroatoms. The monoisotopic (exact) mass is 292 g/mol. The number of hydrogen-bond acceptors (Lipinski definition) is 2. The lowest BCUT2D eigenvalue weighted by molar-refractivity contribution is -0.919. The Morgan fingerprint density at radius 3 is 2.86 bits per heavy atom. The van der Waals surface area contributed by atoms with Gasteiger partial charge in [-0.15, -0.1) is 0 Å². The third-order valence-electron chi connectivity index (χ3n) is 4.56. The summed E-state index contributed by atoms with van der Waals surface area (Å²) in [5, 5.41) is 2.37. The second kappa shape index (κ2) is 7.78. The van der Waals surface area contributed by atoms with Crippen LogP contribution in [-0.4, -0.2) is 52.5 Å². The highest BCUT2D eigenvalue weighted by molar-refractivity contribution is 5.38. The molecule has 116 valence electrons. The molecule has 0 amide bonds. The van der Waals surface area contributed by atoms with Crippen molar-refractivity contribution in [3.8, 4) is 5.75 Å². The minimum absolute atomic E-state index is 0.803. The maximum atomic E-state index is 5.87. The first-order valence-corrected chi connectivity index (χ1v) is 8.39. The minimum atomic E-state index is 0.803. The zero-order valence-electron chi connectivity index (χ0n) is 12.9. The Hall–Kier alpha value is -1.10. The Bertz CT molecular complexity index is 444. The summed E-state index contributed by atoms with van der Waals surface area (Å²) in [5.74, 6) is 1.04. The van der Waals surface area contributed by atoms with Crippen LogP contribution in [0.25, 0.3) is 0 Å². The van der Waals surface area contributed by atoms with Gasteiger partial charge in [-0.3, -0.25) is 0 Å². The van der Waals surface area contributed by atoms with Gasteiger partial charge in [0.25, 0.3) is 0 Å². The first-order valence-electron chi connectivity index (χ1n) is 8.39. The second-order valence-electron chi connectivity index (χ2n) is 6.11. The van der Waals surface area contributed by atoms with Crippen molar-refractivity contribution >= 4 is 0 Å². The molecule has 21 heavy (non-hydrogen) atoms. The third kappa shape index (κ3) is 4.43. The molecular formula is C17H28N2O2+2. The highest BCUT2D eigenvalue weighted by Gasteiger charge is 2.13. The molecule has 1 aromatic carbocycles. The largest absolute Gasteiger partial charge is 0.488 e. The van der Waals surface area contributed by atoms with Crippen LogP contribution in [0.5, 0.6) is 5.75 Å². The maximum Gasteiger partial charge on any atom is 0.137 e. The minimum Gasteiger partial charge on any atom is -0.488 e. The molecule has 0 atom stereocenters. The molecule has 1 saturated heterocycles. The molecule has 0 unspecified atom stereocenters. The first kappa shape index (κ1) is 14.8. The fraction of sp³-hybridized carbons (Fsp3) is 0.647. The van der Waals surface area contributed by atoms with Crippen LogP contribution in [0.4, 0.5) is 0 Å². The Balaban J connectivity index is 1.28. The summed E-state index contributed by atoms with van der Waals surface area (Å²) in [5.41, 5.74) is 3.01. The van der Waals surface area contributed by atoms with Crippen molar-refractivity contribution < 1.29 is 19.7 Å². The van der Waals surface area contributed by atoms with Crippen molar-refractivity contribution in [1.82, 2.24) is 0 Å². The number of aryl methyl sites for hydroxylation is 2. The van der Waals surface area contributed by atoms with Crippen LogP contribution >= 0.6 is 0 Å². The van der Waals surface area contributed by atoms with Crippen molar-refractivity contribution in [2.45, 2.75) is 19.3 Å². The fourth-order valence-corrected chi connectivity index (χ4v) is 3.26. The molecule has 4 nitrogen and oxygen atoms in total. The van der Waals surface area contributed by atoms with Crippen LogP contribution in [0.3, 0.4) is 0 Å². The molecule has 0 saturated carbocycles. The topological polar surface area (TPSA) is 39.5 Å². The normalized spacial score (nSPS) is 18.7. The highest BCUT2D eigenvalue weighted by atomic mass is 16.5. The summed E-state index contributed by atoms with van der Waals surface area (Å²) >= 11 is 0. The summed E-state index contributed by atoms with van der Waals surface area (Å²) in [6.07, 6.45) is 3.77.